The Kier molecular flexibility index (Phi) is 5.73. The van der Waals surface area contributed by atoms with E-state index in [0.717, 1.165) is 21.8 Å². The lowest BCUT2D eigenvalue weighted by atomic mass is 10.0. The Morgan fingerprint density at radius 3 is 2.58 bits per heavy atom. The molecule has 134 valence electrons. The van der Waals surface area contributed by atoms with Crippen LogP contribution in [0.2, 0.25) is 0 Å². The Morgan fingerprint density at radius 1 is 1.15 bits per heavy atom. The molecule has 0 bridgehead atoms. The van der Waals surface area contributed by atoms with E-state index in [2.05, 4.69) is 21.2 Å². The number of hydrogen-bond acceptors (Lipinski definition) is 4. The average Bonchev–Trinajstić information content (AvgIpc) is 3.09. The molecule has 0 radical (unpaired) electrons. The monoisotopic (exact) mass is 415 g/mol. The van der Waals surface area contributed by atoms with Gasteiger partial charge < -0.3 is 14.5 Å². The first-order valence-corrected chi connectivity index (χ1v) is 9.06. The van der Waals surface area contributed by atoms with Crippen LogP contribution < -0.4 is 5.32 Å². The van der Waals surface area contributed by atoms with Crippen LogP contribution in [0.1, 0.15) is 35.5 Å². The number of ether oxygens (including phenoxy) is 1. The fraction of sp³-hybridized carbons (Fsp3) is 0.200. The Hall–Kier alpha value is -2.60. The summed E-state index contributed by atoms with van der Waals surface area (Å²) in [4.78, 5) is 24.2. The zero-order chi connectivity index (χ0) is 18.5. The third-order valence-electron chi connectivity index (χ3n) is 3.98. The second-order valence-electron chi connectivity index (χ2n) is 5.80. The van der Waals surface area contributed by atoms with Gasteiger partial charge in [0.25, 0.3) is 5.91 Å². The van der Waals surface area contributed by atoms with Gasteiger partial charge in [0.2, 0.25) is 5.76 Å². The second kappa shape index (κ2) is 8.19. The molecule has 0 fully saturated rings. The third kappa shape index (κ3) is 4.32. The van der Waals surface area contributed by atoms with Crippen LogP contribution in [0.25, 0.3) is 11.0 Å². The van der Waals surface area contributed by atoms with Crippen LogP contribution >= 0.6 is 15.9 Å². The molecule has 1 N–H and O–H groups in total. The Bertz CT molecular complexity index is 884. The van der Waals surface area contributed by atoms with Crippen molar-refractivity contribution in [2.24, 2.45) is 0 Å². The smallest absolute Gasteiger partial charge is 0.374 e. The van der Waals surface area contributed by atoms with Crippen molar-refractivity contribution in [3.05, 3.63) is 70.4 Å². The molecular formula is C20H18BrNO4. The van der Waals surface area contributed by atoms with Crippen molar-refractivity contribution < 1.29 is 18.7 Å². The van der Waals surface area contributed by atoms with Gasteiger partial charge in [0.1, 0.15) is 5.58 Å². The molecule has 3 rings (SSSR count). The van der Waals surface area contributed by atoms with Crippen molar-refractivity contribution in [2.75, 3.05) is 6.61 Å². The van der Waals surface area contributed by atoms with E-state index in [0.29, 0.717) is 5.58 Å². The van der Waals surface area contributed by atoms with E-state index in [1.54, 1.807) is 12.1 Å². The minimum absolute atomic E-state index is 0.0824. The van der Waals surface area contributed by atoms with Gasteiger partial charge in [-0.3, -0.25) is 4.79 Å². The molecule has 1 atom stereocenters. The molecule has 26 heavy (non-hydrogen) atoms. The number of halogens is 1. The lowest BCUT2D eigenvalue weighted by Gasteiger charge is -2.17. The number of carbonyl (C=O) groups excluding carboxylic acids is 2. The molecule has 2 aromatic carbocycles. The maximum atomic E-state index is 12.1. The molecule has 6 heteroatoms. The number of fused-ring (bicyclic) bond motifs is 1. The van der Waals surface area contributed by atoms with E-state index in [-0.39, 0.29) is 24.3 Å². The van der Waals surface area contributed by atoms with Crippen molar-refractivity contribution in [2.45, 2.75) is 19.4 Å². The topological polar surface area (TPSA) is 68.5 Å². The summed E-state index contributed by atoms with van der Waals surface area (Å²) < 4.78 is 11.5. The van der Waals surface area contributed by atoms with E-state index >= 15 is 0 Å². The van der Waals surface area contributed by atoms with Crippen LogP contribution in [0.4, 0.5) is 0 Å². The molecule has 0 aliphatic carbocycles. The molecule has 0 spiro atoms. The van der Waals surface area contributed by atoms with Crippen LogP contribution in [0, 0.1) is 0 Å². The number of furan rings is 1. The van der Waals surface area contributed by atoms with E-state index < -0.39 is 5.97 Å². The summed E-state index contributed by atoms with van der Waals surface area (Å²) in [5, 5.41) is 3.68. The number of hydrogen-bond donors (Lipinski definition) is 1. The van der Waals surface area contributed by atoms with Gasteiger partial charge >= 0.3 is 5.97 Å². The molecule has 5 nitrogen and oxygen atoms in total. The fourth-order valence-electron chi connectivity index (χ4n) is 2.64. The zero-order valence-corrected chi connectivity index (χ0v) is 15.8. The molecule has 0 aliphatic rings. The maximum absolute atomic E-state index is 12.1. The molecule has 3 aromatic rings. The molecule has 0 saturated heterocycles. The summed E-state index contributed by atoms with van der Waals surface area (Å²) in [6.07, 6.45) is 0.727. The first kappa shape index (κ1) is 18.2. The average molecular weight is 416 g/mol. The van der Waals surface area contributed by atoms with E-state index in [1.807, 2.05) is 49.4 Å². The SMILES string of the molecule is CC[C@@H](NC(=O)COC(=O)c1cc2ccccc2o1)c1ccc(Br)cc1. The first-order chi connectivity index (χ1) is 12.6. The lowest BCUT2D eigenvalue weighted by Crippen LogP contribution is -2.32. The number of rotatable bonds is 6. The summed E-state index contributed by atoms with van der Waals surface area (Å²) in [6, 6.07) is 16.5. The van der Waals surface area contributed by atoms with Crippen molar-refractivity contribution in [1.29, 1.82) is 0 Å². The van der Waals surface area contributed by atoms with Gasteiger partial charge in [0.05, 0.1) is 6.04 Å². The highest BCUT2D eigenvalue weighted by molar-refractivity contribution is 9.10. The van der Waals surface area contributed by atoms with Gasteiger partial charge in [-0.25, -0.2) is 4.79 Å². The van der Waals surface area contributed by atoms with Gasteiger partial charge in [0, 0.05) is 9.86 Å². The minimum Gasteiger partial charge on any atom is -0.450 e. The number of amides is 1. The largest absolute Gasteiger partial charge is 0.450 e. The molecular weight excluding hydrogens is 398 g/mol. The summed E-state index contributed by atoms with van der Waals surface area (Å²) in [7, 11) is 0. The van der Waals surface area contributed by atoms with Gasteiger partial charge in [0.15, 0.2) is 6.61 Å². The predicted molar refractivity (Wildman–Crippen MR) is 102 cm³/mol. The normalized spacial score (nSPS) is 11.9. The van der Waals surface area contributed by atoms with Crippen molar-refractivity contribution in [3.63, 3.8) is 0 Å². The van der Waals surface area contributed by atoms with Crippen LogP contribution in [0.15, 0.2) is 63.5 Å². The molecule has 1 amide bonds. The molecule has 1 aromatic heterocycles. The maximum Gasteiger partial charge on any atom is 0.374 e. The minimum atomic E-state index is -0.659. The molecule has 1 heterocycles. The second-order valence-corrected chi connectivity index (χ2v) is 6.72. The van der Waals surface area contributed by atoms with Gasteiger partial charge in [-0.1, -0.05) is 53.2 Å². The van der Waals surface area contributed by atoms with Gasteiger partial charge in [-0.05, 0) is 36.2 Å². The molecule has 0 saturated carbocycles. The van der Waals surface area contributed by atoms with Crippen molar-refractivity contribution in [1.82, 2.24) is 5.32 Å². The lowest BCUT2D eigenvalue weighted by molar-refractivity contribution is -0.125. The van der Waals surface area contributed by atoms with Crippen molar-refractivity contribution >= 4 is 38.8 Å². The Morgan fingerprint density at radius 2 is 1.88 bits per heavy atom. The number of carbonyl (C=O) groups is 2. The van der Waals surface area contributed by atoms with Crippen LogP contribution in [-0.4, -0.2) is 18.5 Å². The summed E-state index contributed by atoms with van der Waals surface area (Å²) in [5.74, 6) is -0.934. The van der Waals surface area contributed by atoms with E-state index in [9.17, 15) is 9.59 Å². The standard InChI is InChI=1S/C20H18BrNO4/c1-2-16(13-7-9-15(21)10-8-13)22-19(23)12-25-20(24)18-11-14-5-3-4-6-17(14)26-18/h3-11,16H,2,12H2,1H3,(H,22,23)/t16-/m1/s1. The third-order valence-corrected chi connectivity index (χ3v) is 4.51. The zero-order valence-electron chi connectivity index (χ0n) is 14.2. The number of benzene rings is 2. The van der Waals surface area contributed by atoms with Crippen molar-refractivity contribution in [3.8, 4) is 0 Å². The van der Waals surface area contributed by atoms with E-state index in [1.165, 1.54) is 0 Å². The molecule has 0 aliphatic heterocycles. The molecule has 0 unspecified atom stereocenters. The summed E-state index contributed by atoms with van der Waals surface area (Å²) in [6.45, 7) is 1.62. The van der Waals surface area contributed by atoms with Crippen LogP contribution in [-0.2, 0) is 9.53 Å². The predicted octanol–water partition coefficient (Wildman–Crippen LogP) is 4.62. The highest BCUT2D eigenvalue weighted by Gasteiger charge is 2.17. The van der Waals surface area contributed by atoms with E-state index in [4.69, 9.17) is 9.15 Å². The first-order valence-electron chi connectivity index (χ1n) is 8.27. The Balaban J connectivity index is 1.57. The summed E-state index contributed by atoms with van der Waals surface area (Å²) in [5.41, 5.74) is 1.60. The van der Waals surface area contributed by atoms with Crippen LogP contribution in [0.5, 0.6) is 0 Å². The number of para-hydroxylation sites is 1. The fourth-order valence-corrected chi connectivity index (χ4v) is 2.90. The quantitative estimate of drug-likeness (QED) is 0.596. The van der Waals surface area contributed by atoms with Gasteiger partial charge in [-0.2, -0.15) is 0 Å². The number of nitrogens with one attached hydrogen (secondary N) is 1. The summed E-state index contributed by atoms with van der Waals surface area (Å²) >= 11 is 3.39. The van der Waals surface area contributed by atoms with Gasteiger partial charge in [-0.15, -0.1) is 0 Å². The Labute approximate surface area is 159 Å². The number of esters is 1. The highest BCUT2D eigenvalue weighted by atomic mass is 79.9. The highest BCUT2D eigenvalue weighted by Crippen LogP contribution is 2.20. The van der Waals surface area contributed by atoms with Crippen LogP contribution in [0.3, 0.4) is 0 Å².